The molecule has 3 amide bonds. The lowest BCUT2D eigenvalue weighted by Crippen LogP contribution is -2.46. The zero-order chi connectivity index (χ0) is 26.6. The summed E-state index contributed by atoms with van der Waals surface area (Å²) < 4.78 is 5.14. The quantitative estimate of drug-likeness (QED) is 0.329. The van der Waals surface area contributed by atoms with Crippen LogP contribution < -0.4 is 5.73 Å². The molecule has 3 rings (SSSR count). The Morgan fingerprint density at radius 2 is 1.65 bits per heavy atom. The fourth-order valence-corrected chi connectivity index (χ4v) is 4.07. The molecule has 10 heteroatoms. The van der Waals surface area contributed by atoms with E-state index in [1.165, 1.54) is 5.56 Å². The molecule has 0 radical (unpaired) electrons. The van der Waals surface area contributed by atoms with Crippen molar-refractivity contribution in [3.8, 4) is 23.0 Å². The van der Waals surface area contributed by atoms with E-state index in [1.807, 2.05) is 36.4 Å². The minimum atomic E-state index is -1.39. The van der Waals surface area contributed by atoms with Gasteiger partial charge in [-0.25, -0.2) is 19.3 Å². The van der Waals surface area contributed by atoms with Crippen LogP contribution in [0.25, 0.3) is 11.1 Å². The molecule has 1 aliphatic rings. The van der Waals surface area contributed by atoms with Crippen LogP contribution in [0.1, 0.15) is 17.5 Å². The van der Waals surface area contributed by atoms with Crippen molar-refractivity contribution in [2.24, 2.45) is 5.73 Å². The van der Waals surface area contributed by atoms with Crippen LogP contribution in [0, 0.1) is 11.8 Å². The summed E-state index contributed by atoms with van der Waals surface area (Å²) in [5.74, 6) is 4.93. The number of hydrogen-bond acceptors (Lipinski definition) is 6. The van der Waals surface area contributed by atoms with E-state index in [-0.39, 0.29) is 19.6 Å². The minimum Gasteiger partial charge on any atom is -0.480 e. The molecule has 1 saturated heterocycles. The van der Waals surface area contributed by atoms with E-state index in [1.54, 1.807) is 0 Å². The first-order valence-electron chi connectivity index (χ1n) is 12.0. The largest absolute Gasteiger partial charge is 0.480 e. The molecule has 4 N–H and O–H groups in total. The van der Waals surface area contributed by atoms with Crippen molar-refractivity contribution in [1.29, 1.82) is 0 Å². The van der Waals surface area contributed by atoms with Crippen LogP contribution in [-0.2, 0) is 16.1 Å². The SMILES string of the molecule is NC(=O)N(CCC#Cc1ccc(-c2ccccc2CN2CCN(CCOCC(=O)O)CC2)cc1)C(=O)O. The Labute approximate surface area is 216 Å². The first-order valence-corrected chi connectivity index (χ1v) is 12.0. The zero-order valence-electron chi connectivity index (χ0n) is 20.6. The number of ether oxygens (including phenoxy) is 1. The molecular weight excluding hydrogens is 476 g/mol. The van der Waals surface area contributed by atoms with Gasteiger partial charge in [0.15, 0.2) is 0 Å². The summed E-state index contributed by atoms with van der Waals surface area (Å²) in [5, 5.41) is 17.6. The van der Waals surface area contributed by atoms with Crippen molar-refractivity contribution < 1.29 is 29.3 Å². The first kappa shape index (κ1) is 27.7. The van der Waals surface area contributed by atoms with Crippen molar-refractivity contribution >= 4 is 18.1 Å². The van der Waals surface area contributed by atoms with E-state index < -0.39 is 18.1 Å². The number of nitrogens with zero attached hydrogens (tertiary/aromatic N) is 3. The number of primary amides is 1. The van der Waals surface area contributed by atoms with E-state index in [2.05, 4.69) is 33.8 Å². The Morgan fingerprint density at radius 1 is 0.973 bits per heavy atom. The van der Waals surface area contributed by atoms with Gasteiger partial charge < -0.3 is 20.7 Å². The summed E-state index contributed by atoms with van der Waals surface area (Å²) in [6.07, 6.45) is -1.19. The number of rotatable bonds is 10. The number of aliphatic carboxylic acids is 1. The summed E-state index contributed by atoms with van der Waals surface area (Å²) in [4.78, 5) is 37.8. The normalized spacial score (nSPS) is 13.9. The average molecular weight is 509 g/mol. The molecule has 0 saturated carbocycles. The molecule has 1 fully saturated rings. The lowest BCUT2D eigenvalue weighted by atomic mass is 9.98. The van der Waals surface area contributed by atoms with Crippen LogP contribution >= 0.6 is 0 Å². The number of nitrogens with two attached hydrogens (primary N) is 1. The molecule has 10 nitrogen and oxygen atoms in total. The highest BCUT2D eigenvalue weighted by Gasteiger charge is 2.18. The van der Waals surface area contributed by atoms with Crippen molar-refractivity contribution in [1.82, 2.24) is 14.7 Å². The van der Waals surface area contributed by atoms with Gasteiger partial charge >= 0.3 is 18.1 Å². The number of piperazine rings is 1. The summed E-state index contributed by atoms with van der Waals surface area (Å²) in [5.41, 5.74) is 9.32. The number of amides is 3. The predicted octanol–water partition coefficient (Wildman–Crippen LogP) is 2.37. The van der Waals surface area contributed by atoms with Gasteiger partial charge in [-0.3, -0.25) is 9.80 Å². The molecule has 196 valence electrons. The third kappa shape index (κ3) is 8.91. The maximum absolute atomic E-state index is 11.1. The topological polar surface area (TPSA) is 137 Å². The number of carboxylic acids is 1. The second-order valence-electron chi connectivity index (χ2n) is 8.62. The monoisotopic (exact) mass is 508 g/mol. The van der Waals surface area contributed by atoms with Gasteiger partial charge in [-0.15, -0.1) is 0 Å². The van der Waals surface area contributed by atoms with Crippen LogP contribution in [-0.4, -0.2) is 95.5 Å². The maximum atomic E-state index is 11.1. The van der Waals surface area contributed by atoms with Gasteiger partial charge in [-0.2, -0.15) is 0 Å². The first-order chi connectivity index (χ1) is 17.8. The lowest BCUT2D eigenvalue weighted by Gasteiger charge is -2.35. The predicted molar refractivity (Wildman–Crippen MR) is 138 cm³/mol. The van der Waals surface area contributed by atoms with Gasteiger partial charge in [0.25, 0.3) is 0 Å². The second kappa shape index (κ2) is 14.0. The third-order valence-corrected chi connectivity index (χ3v) is 6.04. The highest BCUT2D eigenvalue weighted by Crippen LogP contribution is 2.25. The molecule has 0 unspecified atom stereocenters. The molecule has 37 heavy (non-hydrogen) atoms. The summed E-state index contributed by atoms with van der Waals surface area (Å²) in [6.45, 7) is 5.34. The van der Waals surface area contributed by atoms with Crippen LogP contribution in [0.5, 0.6) is 0 Å². The number of benzene rings is 2. The Balaban J connectivity index is 1.53. The lowest BCUT2D eigenvalue weighted by molar-refractivity contribution is -0.142. The zero-order valence-corrected chi connectivity index (χ0v) is 20.6. The molecule has 0 atom stereocenters. The number of hydrogen-bond donors (Lipinski definition) is 3. The van der Waals surface area contributed by atoms with Gasteiger partial charge in [0.2, 0.25) is 0 Å². The maximum Gasteiger partial charge on any atom is 0.415 e. The van der Waals surface area contributed by atoms with Gasteiger partial charge in [0, 0.05) is 57.8 Å². The second-order valence-corrected chi connectivity index (χ2v) is 8.62. The fraction of sp³-hybridized carbons (Fsp3) is 0.370. The van der Waals surface area contributed by atoms with Crippen LogP contribution in [0.4, 0.5) is 9.59 Å². The molecule has 0 aliphatic carbocycles. The molecule has 1 heterocycles. The number of imide groups is 1. The van der Waals surface area contributed by atoms with Gasteiger partial charge in [-0.05, 0) is 28.8 Å². The third-order valence-electron chi connectivity index (χ3n) is 6.04. The molecule has 0 aromatic heterocycles. The van der Waals surface area contributed by atoms with Crippen molar-refractivity contribution in [3.05, 3.63) is 59.7 Å². The Hall–Kier alpha value is -3.91. The van der Waals surface area contributed by atoms with Gasteiger partial charge in [0.1, 0.15) is 6.61 Å². The fourth-order valence-electron chi connectivity index (χ4n) is 4.07. The molecule has 2 aromatic rings. The minimum absolute atomic E-state index is 0.0735. The van der Waals surface area contributed by atoms with Crippen LogP contribution in [0.2, 0.25) is 0 Å². The Bertz CT molecular complexity index is 1120. The Morgan fingerprint density at radius 3 is 2.30 bits per heavy atom. The van der Waals surface area contributed by atoms with Crippen molar-refractivity contribution in [3.63, 3.8) is 0 Å². The van der Waals surface area contributed by atoms with E-state index >= 15 is 0 Å². The summed E-state index contributed by atoms with van der Waals surface area (Å²) >= 11 is 0. The number of carbonyl (C=O) groups is 3. The van der Waals surface area contributed by atoms with E-state index in [4.69, 9.17) is 20.7 Å². The molecule has 0 bridgehead atoms. The molecular formula is C27H32N4O6. The molecule has 2 aromatic carbocycles. The molecule has 1 aliphatic heterocycles. The van der Waals surface area contributed by atoms with E-state index in [0.717, 1.165) is 56.0 Å². The summed E-state index contributed by atoms with van der Waals surface area (Å²) in [7, 11) is 0. The van der Waals surface area contributed by atoms with Crippen LogP contribution in [0.15, 0.2) is 48.5 Å². The number of carbonyl (C=O) groups excluding carboxylic acids is 1. The van der Waals surface area contributed by atoms with Crippen molar-refractivity contribution in [2.75, 3.05) is 52.5 Å². The highest BCUT2D eigenvalue weighted by atomic mass is 16.5. The standard InChI is InChI=1S/C27H32N4O6/c28-26(34)31(27(35)36)12-4-3-5-21-8-10-22(11-9-21)24-7-2-1-6-23(24)19-30-15-13-29(14-16-30)17-18-37-20-25(32)33/h1-2,6-11H,4,12-20H2,(H2,28,34)(H,32,33)(H,35,36). The highest BCUT2D eigenvalue weighted by molar-refractivity contribution is 5.88. The van der Waals surface area contributed by atoms with Gasteiger partial charge in [-0.1, -0.05) is 48.2 Å². The summed E-state index contributed by atoms with van der Waals surface area (Å²) in [6, 6.07) is 15.2. The van der Waals surface area contributed by atoms with Gasteiger partial charge in [0.05, 0.1) is 6.61 Å². The Kier molecular flexibility index (Phi) is 10.5. The van der Waals surface area contributed by atoms with E-state index in [9.17, 15) is 14.4 Å². The average Bonchev–Trinajstić information content (AvgIpc) is 2.87. The number of urea groups is 1. The van der Waals surface area contributed by atoms with Crippen molar-refractivity contribution in [2.45, 2.75) is 13.0 Å². The number of carboxylic acid groups (broad SMARTS) is 2. The smallest absolute Gasteiger partial charge is 0.415 e. The van der Waals surface area contributed by atoms with E-state index in [0.29, 0.717) is 11.5 Å². The van der Waals surface area contributed by atoms with Crippen LogP contribution in [0.3, 0.4) is 0 Å². The molecule has 0 spiro atoms.